The maximum atomic E-state index is 12.0. The highest BCUT2D eigenvalue weighted by Gasteiger charge is 2.14. The number of phenolic OH excluding ortho intramolecular Hbond substituents is 1. The van der Waals surface area contributed by atoms with E-state index in [4.69, 9.17) is 0 Å². The Morgan fingerprint density at radius 1 is 1.08 bits per heavy atom. The third kappa shape index (κ3) is 4.21. The van der Waals surface area contributed by atoms with Gasteiger partial charge in [0.25, 0.3) is 5.91 Å². The Labute approximate surface area is 146 Å². The molecule has 0 atom stereocenters. The van der Waals surface area contributed by atoms with E-state index in [9.17, 15) is 14.7 Å². The number of nitrogens with zero attached hydrogens (tertiary/aromatic N) is 4. The molecule has 0 bridgehead atoms. The number of aromatic nitrogens is 4. The van der Waals surface area contributed by atoms with Crippen LogP contribution in [0.15, 0.2) is 59.8 Å². The second-order valence-corrected chi connectivity index (χ2v) is 5.86. The van der Waals surface area contributed by atoms with Crippen molar-refractivity contribution in [3.63, 3.8) is 0 Å². The van der Waals surface area contributed by atoms with Crippen LogP contribution in [0.4, 0.5) is 0 Å². The number of phenols is 1. The summed E-state index contributed by atoms with van der Waals surface area (Å²) < 4.78 is 1.44. The van der Waals surface area contributed by atoms with Gasteiger partial charge >= 0.3 is 0 Å². The van der Waals surface area contributed by atoms with E-state index in [0.717, 1.165) is 11.8 Å². The highest BCUT2D eigenvalue weighted by molar-refractivity contribution is 7.99. The van der Waals surface area contributed by atoms with Crippen LogP contribution >= 0.6 is 11.8 Å². The topological polar surface area (TPSA) is 110 Å². The van der Waals surface area contributed by atoms with Crippen molar-refractivity contribution in [1.29, 1.82) is 0 Å². The molecule has 0 unspecified atom stereocenters. The third-order valence-corrected chi connectivity index (χ3v) is 4.08. The molecule has 2 amide bonds. The van der Waals surface area contributed by atoms with E-state index >= 15 is 0 Å². The highest BCUT2D eigenvalue weighted by Crippen LogP contribution is 2.19. The molecule has 1 heterocycles. The van der Waals surface area contributed by atoms with E-state index in [-0.39, 0.29) is 11.5 Å². The standard InChI is InChI=1S/C16H13N5O3S/c22-13-8-6-12(7-9-13)21-16(18-19-20-21)25-10-14(23)17-15(24)11-4-2-1-3-5-11/h1-9,22H,10H2,(H,17,23,24). The molecular formula is C16H13N5O3S. The quantitative estimate of drug-likeness (QED) is 0.666. The predicted octanol–water partition coefficient (Wildman–Crippen LogP) is 1.42. The van der Waals surface area contributed by atoms with E-state index in [2.05, 4.69) is 20.8 Å². The SMILES string of the molecule is O=C(CSc1nnnn1-c1ccc(O)cc1)NC(=O)c1ccccc1. The van der Waals surface area contributed by atoms with Gasteiger partial charge in [-0.3, -0.25) is 14.9 Å². The van der Waals surface area contributed by atoms with Gasteiger partial charge in [0.1, 0.15) is 5.75 Å². The van der Waals surface area contributed by atoms with Crippen LogP contribution in [-0.4, -0.2) is 42.9 Å². The Balaban J connectivity index is 1.61. The van der Waals surface area contributed by atoms with Crippen LogP contribution in [0.1, 0.15) is 10.4 Å². The average molecular weight is 355 g/mol. The zero-order chi connectivity index (χ0) is 17.6. The molecule has 0 radical (unpaired) electrons. The second kappa shape index (κ2) is 7.58. The Hall–Kier alpha value is -3.20. The van der Waals surface area contributed by atoms with Gasteiger partial charge in [-0.15, -0.1) is 5.10 Å². The van der Waals surface area contributed by atoms with E-state index in [1.54, 1.807) is 42.5 Å². The Kier molecular flexibility index (Phi) is 5.05. The van der Waals surface area contributed by atoms with Crippen LogP contribution in [0.2, 0.25) is 0 Å². The molecule has 0 saturated carbocycles. The van der Waals surface area contributed by atoms with Gasteiger partial charge in [0.15, 0.2) is 0 Å². The van der Waals surface area contributed by atoms with Gasteiger partial charge in [-0.05, 0) is 46.8 Å². The van der Waals surface area contributed by atoms with Crippen molar-refractivity contribution in [2.45, 2.75) is 5.16 Å². The summed E-state index contributed by atoms with van der Waals surface area (Å²) in [5, 5.41) is 23.3. The number of aromatic hydroxyl groups is 1. The van der Waals surface area contributed by atoms with E-state index < -0.39 is 11.8 Å². The maximum absolute atomic E-state index is 12.0. The maximum Gasteiger partial charge on any atom is 0.257 e. The zero-order valence-corrected chi connectivity index (χ0v) is 13.7. The molecule has 0 saturated heterocycles. The molecule has 126 valence electrons. The molecule has 2 N–H and O–H groups in total. The van der Waals surface area contributed by atoms with Crippen LogP contribution in [0.5, 0.6) is 5.75 Å². The summed E-state index contributed by atoms with van der Waals surface area (Å²) in [6, 6.07) is 14.8. The van der Waals surface area contributed by atoms with Crippen molar-refractivity contribution in [3.8, 4) is 11.4 Å². The summed E-state index contributed by atoms with van der Waals surface area (Å²) in [7, 11) is 0. The minimum Gasteiger partial charge on any atom is -0.508 e. The number of carbonyl (C=O) groups excluding carboxylic acids is 2. The predicted molar refractivity (Wildman–Crippen MR) is 90.5 cm³/mol. The fourth-order valence-electron chi connectivity index (χ4n) is 1.98. The lowest BCUT2D eigenvalue weighted by Gasteiger charge is -2.05. The van der Waals surface area contributed by atoms with Gasteiger partial charge in [-0.25, -0.2) is 0 Å². The highest BCUT2D eigenvalue weighted by atomic mass is 32.2. The summed E-state index contributed by atoms with van der Waals surface area (Å²) in [5.41, 5.74) is 1.06. The summed E-state index contributed by atoms with van der Waals surface area (Å²) in [6.45, 7) is 0. The molecule has 0 aliphatic carbocycles. The largest absolute Gasteiger partial charge is 0.508 e. The summed E-state index contributed by atoms with van der Waals surface area (Å²) in [5.74, 6) is -0.787. The van der Waals surface area contributed by atoms with Crippen LogP contribution in [0, 0.1) is 0 Å². The summed E-state index contributed by atoms with van der Waals surface area (Å²) >= 11 is 1.10. The molecule has 0 aliphatic heterocycles. The summed E-state index contributed by atoms with van der Waals surface area (Å²) in [6.07, 6.45) is 0. The fraction of sp³-hybridized carbons (Fsp3) is 0.0625. The second-order valence-electron chi connectivity index (χ2n) is 4.92. The number of benzene rings is 2. The van der Waals surface area contributed by atoms with Gasteiger partial charge in [-0.2, -0.15) is 4.68 Å². The smallest absolute Gasteiger partial charge is 0.257 e. The molecule has 3 rings (SSSR count). The van der Waals surface area contributed by atoms with E-state index in [1.807, 2.05) is 0 Å². The Morgan fingerprint density at radius 3 is 2.52 bits per heavy atom. The lowest BCUT2D eigenvalue weighted by molar-refractivity contribution is -0.117. The van der Waals surface area contributed by atoms with E-state index in [1.165, 1.54) is 16.8 Å². The monoisotopic (exact) mass is 355 g/mol. The Bertz CT molecular complexity index is 880. The first-order chi connectivity index (χ1) is 12.1. The first-order valence-electron chi connectivity index (χ1n) is 7.23. The van der Waals surface area contributed by atoms with Crippen LogP contribution < -0.4 is 5.32 Å². The van der Waals surface area contributed by atoms with Crippen LogP contribution in [0.25, 0.3) is 5.69 Å². The first-order valence-corrected chi connectivity index (χ1v) is 8.22. The number of rotatable bonds is 5. The van der Waals surface area contributed by atoms with Gasteiger partial charge in [0.05, 0.1) is 11.4 Å². The molecule has 0 fully saturated rings. The first kappa shape index (κ1) is 16.7. The normalized spacial score (nSPS) is 10.4. The van der Waals surface area contributed by atoms with Crippen LogP contribution in [0.3, 0.4) is 0 Å². The molecule has 3 aromatic rings. The molecule has 25 heavy (non-hydrogen) atoms. The molecule has 1 aromatic heterocycles. The molecule has 0 spiro atoms. The number of hydrogen-bond donors (Lipinski definition) is 2. The van der Waals surface area contributed by atoms with Crippen molar-refractivity contribution in [2.24, 2.45) is 0 Å². The van der Waals surface area contributed by atoms with Crippen molar-refractivity contribution >= 4 is 23.6 Å². The number of hydrogen-bond acceptors (Lipinski definition) is 7. The van der Waals surface area contributed by atoms with Gasteiger partial charge in [0, 0.05) is 5.56 Å². The number of carbonyl (C=O) groups is 2. The lowest BCUT2D eigenvalue weighted by atomic mass is 10.2. The number of imide groups is 1. The van der Waals surface area contributed by atoms with Gasteiger partial charge in [0.2, 0.25) is 11.1 Å². The van der Waals surface area contributed by atoms with Gasteiger partial charge < -0.3 is 5.11 Å². The minimum atomic E-state index is -0.454. The molecule has 2 aromatic carbocycles. The minimum absolute atomic E-state index is 0.0168. The summed E-state index contributed by atoms with van der Waals surface area (Å²) in [4.78, 5) is 23.9. The van der Waals surface area contributed by atoms with Crippen molar-refractivity contribution in [1.82, 2.24) is 25.5 Å². The van der Waals surface area contributed by atoms with Gasteiger partial charge in [-0.1, -0.05) is 30.0 Å². The molecule has 9 heteroatoms. The van der Waals surface area contributed by atoms with Crippen LogP contribution in [-0.2, 0) is 4.79 Å². The number of thioether (sulfide) groups is 1. The number of tetrazole rings is 1. The van der Waals surface area contributed by atoms with E-state index in [0.29, 0.717) is 16.4 Å². The molecule has 8 nitrogen and oxygen atoms in total. The molecular weight excluding hydrogens is 342 g/mol. The Morgan fingerprint density at radius 2 is 1.80 bits per heavy atom. The van der Waals surface area contributed by atoms with Crippen molar-refractivity contribution in [2.75, 3.05) is 5.75 Å². The molecule has 0 aliphatic rings. The zero-order valence-electron chi connectivity index (χ0n) is 12.9. The fourth-order valence-corrected chi connectivity index (χ4v) is 2.67. The number of nitrogens with one attached hydrogen (secondary N) is 1. The number of amides is 2. The average Bonchev–Trinajstić information content (AvgIpc) is 3.10. The van der Waals surface area contributed by atoms with Crippen molar-refractivity contribution in [3.05, 3.63) is 60.2 Å². The van der Waals surface area contributed by atoms with Crippen molar-refractivity contribution < 1.29 is 14.7 Å². The third-order valence-electron chi connectivity index (χ3n) is 3.16. The lowest BCUT2D eigenvalue weighted by Crippen LogP contribution is -2.31.